The Balaban J connectivity index is 2.12. The van der Waals surface area contributed by atoms with Crippen molar-refractivity contribution in [3.63, 3.8) is 0 Å². The van der Waals surface area contributed by atoms with Crippen LogP contribution in [0.3, 0.4) is 0 Å². The molecule has 1 aromatic heterocycles. The first-order valence-corrected chi connectivity index (χ1v) is 10.5. The fraction of sp³-hybridized carbons (Fsp3) is 0.455. The Bertz CT molecular complexity index is 971. The van der Waals surface area contributed by atoms with Gasteiger partial charge in [0.1, 0.15) is 12.1 Å². The summed E-state index contributed by atoms with van der Waals surface area (Å²) in [6, 6.07) is 4.74. The Kier molecular flexibility index (Phi) is 8.77. The highest BCUT2D eigenvalue weighted by molar-refractivity contribution is 5.93. The van der Waals surface area contributed by atoms with Crippen LogP contribution < -0.4 is 21.7 Å². The van der Waals surface area contributed by atoms with Crippen LogP contribution in [0.1, 0.15) is 32.8 Å². The molecule has 0 aliphatic heterocycles. The molecule has 7 N–H and O–H groups in total. The van der Waals surface area contributed by atoms with E-state index < -0.39 is 48.4 Å². The zero-order valence-electron chi connectivity index (χ0n) is 18.5. The number of carboxylic acids is 1. The van der Waals surface area contributed by atoms with Crippen LogP contribution in [0.2, 0.25) is 0 Å². The van der Waals surface area contributed by atoms with Gasteiger partial charge in [-0.25, -0.2) is 0 Å². The van der Waals surface area contributed by atoms with Crippen molar-refractivity contribution in [1.82, 2.24) is 20.9 Å². The van der Waals surface area contributed by atoms with Crippen LogP contribution in [0, 0.1) is 5.92 Å². The van der Waals surface area contributed by atoms with Crippen molar-refractivity contribution in [2.75, 3.05) is 6.54 Å². The Morgan fingerprint density at radius 3 is 2.41 bits per heavy atom. The highest BCUT2D eigenvalue weighted by Gasteiger charge is 2.26. The number of benzene rings is 1. The lowest BCUT2D eigenvalue weighted by molar-refractivity contribution is -0.141. The summed E-state index contributed by atoms with van der Waals surface area (Å²) in [6.07, 6.45) is 2.41. The summed E-state index contributed by atoms with van der Waals surface area (Å²) in [5.41, 5.74) is 7.68. The Morgan fingerprint density at radius 2 is 1.75 bits per heavy atom. The topological polar surface area (TPSA) is 166 Å². The number of H-pyrrole nitrogens is 1. The van der Waals surface area contributed by atoms with E-state index in [0.29, 0.717) is 6.42 Å². The number of hydrogen-bond donors (Lipinski definition) is 6. The number of nitrogens with one attached hydrogen (secondary N) is 4. The number of carbonyl (C=O) groups excluding carboxylic acids is 3. The van der Waals surface area contributed by atoms with Gasteiger partial charge in [-0.05, 0) is 30.9 Å². The van der Waals surface area contributed by atoms with E-state index in [1.807, 2.05) is 38.1 Å². The van der Waals surface area contributed by atoms with Crippen LogP contribution in [0.5, 0.6) is 0 Å². The molecule has 0 saturated heterocycles. The van der Waals surface area contributed by atoms with Gasteiger partial charge < -0.3 is 31.8 Å². The molecule has 0 saturated carbocycles. The molecule has 0 bridgehead atoms. The van der Waals surface area contributed by atoms with E-state index in [1.165, 1.54) is 6.92 Å². The number of para-hydroxylation sites is 1. The number of hydrogen-bond acceptors (Lipinski definition) is 5. The number of fused-ring (bicyclic) bond motifs is 1. The second-order valence-electron chi connectivity index (χ2n) is 8.21. The minimum absolute atomic E-state index is 0.184. The van der Waals surface area contributed by atoms with Gasteiger partial charge in [0.25, 0.3) is 0 Å². The van der Waals surface area contributed by atoms with Crippen molar-refractivity contribution in [2.24, 2.45) is 11.7 Å². The summed E-state index contributed by atoms with van der Waals surface area (Å²) < 4.78 is 0. The van der Waals surface area contributed by atoms with Crippen molar-refractivity contribution < 1.29 is 24.3 Å². The largest absolute Gasteiger partial charge is 0.480 e. The highest BCUT2D eigenvalue weighted by atomic mass is 16.4. The van der Waals surface area contributed by atoms with E-state index in [9.17, 15) is 19.2 Å². The molecule has 0 aliphatic carbocycles. The molecule has 174 valence electrons. The van der Waals surface area contributed by atoms with Gasteiger partial charge in [-0.15, -0.1) is 0 Å². The van der Waals surface area contributed by atoms with Gasteiger partial charge in [0.05, 0.1) is 12.6 Å². The third-order valence-corrected chi connectivity index (χ3v) is 4.97. The summed E-state index contributed by atoms with van der Waals surface area (Å²) in [6.45, 7) is 4.78. The number of aliphatic carboxylic acids is 1. The smallest absolute Gasteiger partial charge is 0.325 e. The van der Waals surface area contributed by atoms with Crippen LogP contribution in [-0.2, 0) is 25.6 Å². The predicted molar refractivity (Wildman–Crippen MR) is 120 cm³/mol. The van der Waals surface area contributed by atoms with Crippen LogP contribution >= 0.6 is 0 Å². The number of aromatic nitrogens is 1. The Morgan fingerprint density at radius 1 is 1.06 bits per heavy atom. The van der Waals surface area contributed by atoms with E-state index in [1.54, 1.807) is 6.20 Å². The molecular weight excluding hydrogens is 414 g/mol. The summed E-state index contributed by atoms with van der Waals surface area (Å²) in [5, 5.41) is 17.2. The predicted octanol–water partition coefficient (Wildman–Crippen LogP) is 0.274. The summed E-state index contributed by atoms with van der Waals surface area (Å²) in [4.78, 5) is 51.3. The molecule has 0 radical (unpaired) electrons. The normalized spacial score (nSPS) is 13.9. The third-order valence-electron chi connectivity index (χ3n) is 4.97. The van der Waals surface area contributed by atoms with Gasteiger partial charge >= 0.3 is 5.97 Å². The maximum atomic E-state index is 12.8. The Labute approximate surface area is 186 Å². The molecule has 32 heavy (non-hydrogen) atoms. The van der Waals surface area contributed by atoms with E-state index in [4.69, 9.17) is 10.8 Å². The zero-order valence-corrected chi connectivity index (χ0v) is 18.5. The first-order valence-electron chi connectivity index (χ1n) is 10.5. The molecule has 1 heterocycles. The Hall–Kier alpha value is -3.40. The van der Waals surface area contributed by atoms with Gasteiger partial charge in [-0.3, -0.25) is 19.2 Å². The molecule has 2 rings (SSSR count). The first kappa shape index (κ1) is 24.9. The number of rotatable bonds is 11. The van der Waals surface area contributed by atoms with Crippen molar-refractivity contribution in [3.05, 3.63) is 36.0 Å². The van der Waals surface area contributed by atoms with Crippen molar-refractivity contribution >= 4 is 34.6 Å². The minimum atomic E-state index is -1.19. The molecule has 10 nitrogen and oxygen atoms in total. The van der Waals surface area contributed by atoms with Crippen LogP contribution in [-0.4, -0.2) is 58.5 Å². The number of amides is 3. The first-order chi connectivity index (χ1) is 15.1. The number of aromatic amines is 1. The summed E-state index contributed by atoms with van der Waals surface area (Å²) >= 11 is 0. The molecule has 0 aliphatic rings. The molecule has 3 atom stereocenters. The fourth-order valence-electron chi connectivity index (χ4n) is 3.27. The molecule has 0 fully saturated rings. The quantitative estimate of drug-likeness (QED) is 0.290. The van der Waals surface area contributed by atoms with E-state index in [-0.39, 0.29) is 12.3 Å². The number of carbonyl (C=O) groups is 4. The van der Waals surface area contributed by atoms with Crippen molar-refractivity contribution in [1.29, 1.82) is 0 Å². The van der Waals surface area contributed by atoms with Crippen LogP contribution in [0.25, 0.3) is 10.9 Å². The van der Waals surface area contributed by atoms with E-state index >= 15 is 0 Å². The number of nitrogens with two attached hydrogens (primary N) is 1. The van der Waals surface area contributed by atoms with Gasteiger partial charge in [-0.2, -0.15) is 0 Å². The lowest BCUT2D eigenvalue weighted by Gasteiger charge is -2.21. The molecule has 3 unspecified atom stereocenters. The molecule has 0 spiro atoms. The highest BCUT2D eigenvalue weighted by Crippen LogP contribution is 2.19. The zero-order chi connectivity index (χ0) is 23.8. The van der Waals surface area contributed by atoms with Gasteiger partial charge in [0.2, 0.25) is 17.7 Å². The summed E-state index contributed by atoms with van der Waals surface area (Å²) in [7, 11) is 0. The minimum Gasteiger partial charge on any atom is -0.480 e. The van der Waals surface area contributed by atoms with Crippen molar-refractivity contribution in [3.8, 4) is 0 Å². The van der Waals surface area contributed by atoms with Crippen LogP contribution in [0.4, 0.5) is 0 Å². The maximum absolute atomic E-state index is 12.8. The number of carboxylic acid groups (broad SMARTS) is 1. The van der Waals surface area contributed by atoms with Crippen molar-refractivity contribution in [2.45, 2.75) is 51.7 Å². The van der Waals surface area contributed by atoms with E-state index in [0.717, 1.165) is 16.5 Å². The molecule has 3 amide bonds. The van der Waals surface area contributed by atoms with Gasteiger partial charge in [0, 0.05) is 23.5 Å². The molecule has 2 aromatic rings. The molecule has 10 heteroatoms. The third kappa shape index (κ3) is 7.09. The standard InChI is InChI=1S/C22H31N5O5/c1-12(2)8-16(23)20(29)27-18(9-14-10-24-17-7-5-4-6-15(14)17)21(30)25-11-19(28)26-13(3)22(31)32/h4-7,10,12-13,16,18,24H,8-9,11,23H2,1-3H3,(H,25,30)(H,26,28)(H,27,29)(H,31,32). The molecule has 1 aromatic carbocycles. The average Bonchev–Trinajstić information content (AvgIpc) is 3.13. The summed E-state index contributed by atoms with van der Waals surface area (Å²) in [5.74, 6) is -2.66. The van der Waals surface area contributed by atoms with Gasteiger partial charge in [-0.1, -0.05) is 32.0 Å². The average molecular weight is 446 g/mol. The lowest BCUT2D eigenvalue weighted by atomic mass is 10.0. The van der Waals surface area contributed by atoms with Gasteiger partial charge in [0.15, 0.2) is 0 Å². The van der Waals surface area contributed by atoms with Crippen LogP contribution in [0.15, 0.2) is 30.5 Å². The molecular formula is C22H31N5O5. The SMILES string of the molecule is CC(C)CC(N)C(=O)NC(Cc1c[nH]c2ccccc12)C(=O)NCC(=O)NC(C)C(=O)O. The fourth-order valence-corrected chi connectivity index (χ4v) is 3.27. The second-order valence-corrected chi connectivity index (χ2v) is 8.21. The second kappa shape index (κ2) is 11.3. The lowest BCUT2D eigenvalue weighted by Crippen LogP contribution is -2.54. The monoisotopic (exact) mass is 445 g/mol. The maximum Gasteiger partial charge on any atom is 0.325 e. The van der Waals surface area contributed by atoms with E-state index in [2.05, 4.69) is 20.9 Å².